The van der Waals surface area contributed by atoms with Crippen molar-refractivity contribution in [3.8, 4) is 0 Å². The van der Waals surface area contributed by atoms with E-state index in [2.05, 4.69) is 9.97 Å². The molecule has 0 bridgehead atoms. The van der Waals surface area contributed by atoms with Crippen molar-refractivity contribution in [2.45, 2.75) is 32.4 Å². The van der Waals surface area contributed by atoms with Gasteiger partial charge in [-0.15, -0.1) is 0 Å². The molecule has 0 saturated heterocycles. The van der Waals surface area contributed by atoms with Crippen LogP contribution in [-0.4, -0.2) is 16.6 Å². The molecule has 1 aliphatic carbocycles. The quantitative estimate of drug-likeness (QED) is 0.793. The van der Waals surface area contributed by atoms with Crippen LogP contribution in [0.3, 0.4) is 0 Å². The first kappa shape index (κ1) is 10.5. The summed E-state index contributed by atoms with van der Waals surface area (Å²) in [6, 6.07) is 1.85. The van der Waals surface area contributed by atoms with Gasteiger partial charge in [0.15, 0.2) is 5.82 Å². The summed E-state index contributed by atoms with van der Waals surface area (Å²) in [7, 11) is 0. The van der Waals surface area contributed by atoms with Gasteiger partial charge in [0.25, 0.3) is 0 Å². The maximum absolute atomic E-state index is 5.69. The van der Waals surface area contributed by atoms with Gasteiger partial charge >= 0.3 is 0 Å². The van der Waals surface area contributed by atoms with Gasteiger partial charge in [-0.1, -0.05) is 0 Å². The number of nitrogens with two attached hydrogens (primary N) is 1. The van der Waals surface area contributed by atoms with E-state index in [1.807, 2.05) is 13.0 Å². The molecule has 1 saturated carbocycles. The largest absolute Gasteiger partial charge is 0.370 e. The third-order valence-corrected chi connectivity index (χ3v) is 2.59. The monoisotopic (exact) mass is 207 g/mol. The van der Waals surface area contributed by atoms with E-state index in [1.54, 1.807) is 6.20 Å². The molecule has 0 amide bonds. The lowest BCUT2D eigenvalue weighted by Crippen LogP contribution is -2.12. The zero-order valence-electron chi connectivity index (χ0n) is 9.02. The topological polar surface area (TPSA) is 61.0 Å². The van der Waals surface area contributed by atoms with Crippen molar-refractivity contribution >= 4 is 0 Å². The van der Waals surface area contributed by atoms with E-state index in [0.29, 0.717) is 19.1 Å². The minimum atomic E-state index is 0.0708. The molecule has 0 aromatic carbocycles. The van der Waals surface area contributed by atoms with Crippen molar-refractivity contribution in [1.29, 1.82) is 0 Å². The summed E-state index contributed by atoms with van der Waals surface area (Å²) in [5.74, 6) is 1.40. The molecule has 0 aliphatic heterocycles. The Morgan fingerprint density at radius 1 is 1.60 bits per heavy atom. The second kappa shape index (κ2) is 4.68. The fourth-order valence-corrected chi connectivity index (χ4v) is 1.66. The Morgan fingerprint density at radius 3 is 3.00 bits per heavy atom. The predicted octanol–water partition coefficient (Wildman–Crippen LogP) is 1.42. The molecule has 1 atom stereocenters. The Balaban J connectivity index is 2.16. The first-order chi connectivity index (χ1) is 7.35. The van der Waals surface area contributed by atoms with Crippen LogP contribution in [0.1, 0.15) is 37.4 Å². The molecular formula is C11H17N3O. The van der Waals surface area contributed by atoms with Gasteiger partial charge in [0.1, 0.15) is 6.10 Å². The van der Waals surface area contributed by atoms with Crippen LogP contribution in [0.5, 0.6) is 0 Å². The molecule has 4 heteroatoms. The van der Waals surface area contributed by atoms with Gasteiger partial charge in [0.2, 0.25) is 0 Å². The van der Waals surface area contributed by atoms with Crippen molar-refractivity contribution in [2.24, 2.45) is 11.7 Å². The third-order valence-electron chi connectivity index (χ3n) is 2.59. The summed E-state index contributed by atoms with van der Waals surface area (Å²) >= 11 is 0. The van der Waals surface area contributed by atoms with Crippen molar-refractivity contribution < 1.29 is 4.74 Å². The van der Waals surface area contributed by atoms with E-state index in [0.717, 1.165) is 11.5 Å². The van der Waals surface area contributed by atoms with Crippen LogP contribution in [0.25, 0.3) is 0 Å². The number of hydrogen-bond acceptors (Lipinski definition) is 4. The zero-order valence-corrected chi connectivity index (χ0v) is 9.02. The van der Waals surface area contributed by atoms with Gasteiger partial charge in [-0.05, 0) is 31.7 Å². The molecule has 1 aromatic heterocycles. The van der Waals surface area contributed by atoms with Crippen LogP contribution in [0.2, 0.25) is 0 Å². The molecule has 1 aliphatic rings. The van der Waals surface area contributed by atoms with E-state index in [1.165, 1.54) is 12.8 Å². The standard InChI is InChI=1S/C11H17N3O/c1-2-15-10(8-3-4-8)11-13-6-5-9(7-12)14-11/h5-6,8,10H,2-4,7,12H2,1H3. The molecule has 2 rings (SSSR count). The molecule has 1 fully saturated rings. The Kier molecular flexibility index (Phi) is 3.28. The Morgan fingerprint density at radius 2 is 2.40 bits per heavy atom. The lowest BCUT2D eigenvalue weighted by atomic mass is 10.2. The minimum absolute atomic E-state index is 0.0708. The van der Waals surface area contributed by atoms with E-state index in [-0.39, 0.29) is 6.10 Å². The van der Waals surface area contributed by atoms with Crippen LogP contribution in [0.15, 0.2) is 12.3 Å². The molecule has 15 heavy (non-hydrogen) atoms. The molecule has 1 aromatic rings. The molecule has 0 radical (unpaired) electrons. The molecule has 0 spiro atoms. The first-order valence-corrected chi connectivity index (χ1v) is 5.48. The molecule has 82 valence electrons. The number of nitrogens with zero attached hydrogens (tertiary/aromatic N) is 2. The summed E-state index contributed by atoms with van der Waals surface area (Å²) < 4.78 is 5.69. The fraction of sp³-hybridized carbons (Fsp3) is 0.636. The number of ether oxygens (including phenoxy) is 1. The Bertz CT molecular complexity index is 325. The fourth-order valence-electron chi connectivity index (χ4n) is 1.66. The molecule has 2 N–H and O–H groups in total. The van der Waals surface area contributed by atoms with Gasteiger partial charge in [-0.2, -0.15) is 0 Å². The second-order valence-corrected chi connectivity index (χ2v) is 3.82. The average molecular weight is 207 g/mol. The molecular weight excluding hydrogens is 190 g/mol. The summed E-state index contributed by atoms with van der Waals surface area (Å²) in [6.45, 7) is 3.17. The summed E-state index contributed by atoms with van der Waals surface area (Å²) in [6.07, 6.45) is 4.28. The molecule has 4 nitrogen and oxygen atoms in total. The maximum atomic E-state index is 5.69. The number of hydrogen-bond donors (Lipinski definition) is 1. The number of aromatic nitrogens is 2. The smallest absolute Gasteiger partial charge is 0.157 e. The van der Waals surface area contributed by atoms with E-state index in [9.17, 15) is 0 Å². The Labute approximate surface area is 89.9 Å². The summed E-state index contributed by atoms with van der Waals surface area (Å²) in [5, 5.41) is 0. The summed E-state index contributed by atoms with van der Waals surface area (Å²) in [4.78, 5) is 8.69. The van der Waals surface area contributed by atoms with Gasteiger partial charge in [-0.25, -0.2) is 9.97 Å². The van der Waals surface area contributed by atoms with E-state index >= 15 is 0 Å². The average Bonchev–Trinajstić information content (AvgIpc) is 3.10. The van der Waals surface area contributed by atoms with Gasteiger partial charge < -0.3 is 10.5 Å². The highest BCUT2D eigenvalue weighted by Gasteiger charge is 2.34. The Hall–Kier alpha value is -1.00. The van der Waals surface area contributed by atoms with Gasteiger partial charge in [0, 0.05) is 19.3 Å². The highest BCUT2D eigenvalue weighted by molar-refractivity contribution is 5.06. The van der Waals surface area contributed by atoms with Gasteiger partial charge in [0.05, 0.1) is 5.69 Å². The number of rotatable bonds is 5. The van der Waals surface area contributed by atoms with Crippen molar-refractivity contribution in [3.63, 3.8) is 0 Å². The normalized spacial score (nSPS) is 17.7. The minimum Gasteiger partial charge on any atom is -0.370 e. The second-order valence-electron chi connectivity index (χ2n) is 3.82. The van der Waals surface area contributed by atoms with Crippen molar-refractivity contribution in [1.82, 2.24) is 9.97 Å². The predicted molar refractivity (Wildman–Crippen MR) is 57.0 cm³/mol. The van der Waals surface area contributed by atoms with Gasteiger partial charge in [-0.3, -0.25) is 0 Å². The van der Waals surface area contributed by atoms with Crippen LogP contribution >= 0.6 is 0 Å². The molecule has 1 unspecified atom stereocenters. The lowest BCUT2D eigenvalue weighted by molar-refractivity contribution is 0.0399. The SMILES string of the molecule is CCOC(c1nccc(CN)n1)C1CC1. The first-order valence-electron chi connectivity index (χ1n) is 5.48. The highest BCUT2D eigenvalue weighted by Crippen LogP contribution is 2.42. The summed E-state index contributed by atoms with van der Waals surface area (Å²) in [5.41, 5.74) is 6.43. The van der Waals surface area contributed by atoms with Crippen LogP contribution < -0.4 is 5.73 Å². The van der Waals surface area contributed by atoms with Crippen molar-refractivity contribution in [2.75, 3.05) is 6.61 Å². The maximum Gasteiger partial charge on any atom is 0.157 e. The van der Waals surface area contributed by atoms with Crippen molar-refractivity contribution in [3.05, 3.63) is 23.8 Å². The molecule has 1 heterocycles. The highest BCUT2D eigenvalue weighted by atomic mass is 16.5. The van der Waals surface area contributed by atoms with Crippen LogP contribution in [-0.2, 0) is 11.3 Å². The van der Waals surface area contributed by atoms with E-state index in [4.69, 9.17) is 10.5 Å². The third kappa shape index (κ3) is 2.52. The van der Waals surface area contributed by atoms with Crippen LogP contribution in [0.4, 0.5) is 0 Å². The van der Waals surface area contributed by atoms with E-state index < -0.39 is 0 Å². The lowest BCUT2D eigenvalue weighted by Gasteiger charge is -2.14. The zero-order chi connectivity index (χ0) is 10.7. The van der Waals surface area contributed by atoms with Crippen LogP contribution in [0, 0.1) is 5.92 Å².